The summed E-state index contributed by atoms with van der Waals surface area (Å²) in [5.41, 5.74) is -0.607. The Labute approximate surface area is 104 Å². The highest BCUT2D eigenvalue weighted by Gasteiger charge is 2.42. The van der Waals surface area contributed by atoms with E-state index < -0.39 is 11.2 Å². The Morgan fingerprint density at radius 3 is 2.67 bits per heavy atom. The predicted octanol–water partition coefficient (Wildman–Crippen LogP) is 1.17. The van der Waals surface area contributed by atoms with E-state index in [2.05, 4.69) is 4.98 Å². The van der Waals surface area contributed by atoms with Gasteiger partial charge in [-0.15, -0.1) is 0 Å². The highest BCUT2D eigenvalue weighted by Crippen LogP contribution is 2.51. The lowest BCUT2D eigenvalue weighted by molar-refractivity contribution is 0.279. The Kier molecular flexibility index (Phi) is 2.57. The van der Waals surface area contributed by atoms with Crippen molar-refractivity contribution in [3.63, 3.8) is 0 Å². The Hall–Kier alpha value is -1.52. The molecule has 3 atom stereocenters. The molecule has 1 aromatic heterocycles. The van der Waals surface area contributed by atoms with Gasteiger partial charge >= 0.3 is 5.69 Å². The topological polar surface area (TPSA) is 75.1 Å². The number of rotatable bonds is 2. The van der Waals surface area contributed by atoms with Crippen LogP contribution < -0.4 is 11.2 Å². The highest BCUT2D eigenvalue weighted by molar-refractivity contribution is 5.23. The number of aromatic nitrogens is 2. The fourth-order valence-corrected chi connectivity index (χ4v) is 3.73. The van der Waals surface area contributed by atoms with Crippen molar-refractivity contribution in [1.29, 1.82) is 0 Å². The lowest BCUT2D eigenvalue weighted by Gasteiger charge is -2.25. The lowest BCUT2D eigenvalue weighted by Crippen LogP contribution is -2.36. The minimum atomic E-state index is -0.466. The van der Waals surface area contributed by atoms with Crippen LogP contribution in [0.5, 0.6) is 5.88 Å². The third kappa shape index (κ3) is 1.53. The van der Waals surface area contributed by atoms with E-state index in [1.165, 1.54) is 11.0 Å². The zero-order valence-electron chi connectivity index (χ0n) is 10.5. The zero-order chi connectivity index (χ0) is 12.9. The molecule has 1 aromatic rings. The van der Waals surface area contributed by atoms with Gasteiger partial charge in [0.05, 0.1) is 5.56 Å². The first-order valence-corrected chi connectivity index (χ1v) is 6.68. The Morgan fingerprint density at radius 2 is 2.11 bits per heavy atom. The van der Waals surface area contributed by atoms with Crippen LogP contribution in [0, 0.1) is 11.8 Å². The molecule has 0 amide bonds. The van der Waals surface area contributed by atoms with Crippen LogP contribution in [0.3, 0.4) is 0 Å². The maximum Gasteiger partial charge on any atom is 0.331 e. The number of nitrogens with one attached hydrogen (secondary N) is 1. The van der Waals surface area contributed by atoms with Crippen molar-refractivity contribution in [2.24, 2.45) is 11.8 Å². The largest absolute Gasteiger partial charge is 0.494 e. The summed E-state index contributed by atoms with van der Waals surface area (Å²) in [6.45, 7) is 1.81. The van der Waals surface area contributed by atoms with E-state index in [9.17, 15) is 14.7 Å². The van der Waals surface area contributed by atoms with Gasteiger partial charge in [0.1, 0.15) is 0 Å². The molecule has 2 saturated carbocycles. The fraction of sp³-hybridized carbons (Fsp3) is 0.692. The summed E-state index contributed by atoms with van der Waals surface area (Å²) in [6.07, 6.45) is 4.90. The first-order valence-electron chi connectivity index (χ1n) is 6.68. The number of hydrogen-bond acceptors (Lipinski definition) is 3. The number of fused-ring (bicyclic) bond motifs is 2. The molecule has 2 bridgehead atoms. The van der Waals surface area contributed by atoms with Crippen molar-refractivity contribution in [3.05, 3.63) is 26.4 Å². The second-order valence-electron chi connectivity index (χ2n) is 5.53. The summed E-state index contributed by atoms with van der Waals surface area (Å²) >= 11 is 0. The van der Waals surface area contributed by atoms with Gasteiger partial charge in [-0.1, -0.05) is 13.3 Å². The predicted molar refractivity (Wildman–Crippen MR) is 66.9 cm³/mol. The third-order valence-electron chi connectivity index (χ3n) is 4.60. The summed E-state index contributed by atoms with van der Waals surface area (Å²) in [7, 11) is 0. The first kappa shape index (κ1) is 11.6. The number of nitrogens with zero attached hydrogens (tertiary/aromatic N) is 1. The summed E-state index contributed by atoms with van der Waals surface area (Å²) in [4.78, 5) is 25.9. The molecule has 2 aliphatic carbocycles. The zero-order valence-corrected chi connectivity index (χ0v) is 10.5. The number of aromatic hydroxyl groups is 1. The highest BCUT2D eigenvalue weighted by atomic mass is 16.3. The van der Waals surface area contributed by atoms with Crippen LogP contribution in [0.25, 0.3) is 0 Å². The lowest BCUT2D eigenvalue weighted by atomic mass is 9.95. The smallest absolute Gasteiger partial charge is 0.331 e. The molecule has 0 spiro atoms. The van der Waals surface area contributed by atoms with Gasteiger partial charge in [-0.2, -0.15) is 0 Å². The molecule has 2 fully saturated rings. The van der Waals surface area contributed by atoms with Crippen molar-refractivity contribution >= 4 is 0 Å². The molecule has 1 heterocycles. The monoisotopic (exact) mass is 250 g/mol. The van der Waals surface area contributed by atoms with Crippen molar-refractivity contribution in [3.8, 4) is 5.88 Å². The van der Waals surface area contributed by atoms with Crippen LogP contribution in [0.15, 0.2) is 9.59 Å². The molecule has 0 radical (unpaired) electrons. The number of hydrogen-bond donors (Lipinski definition) is 2. The molecule has 98 valence electrons. The van der Waals surface area contributed by atoms with Gasteiger partial charge in [-0.3, -0.25) is 14.3 Å². The van der Waals surface area contributed by atoms with Crippen LogP contribution in [-0.2, 0) is 6.42 Å². The molecule has 0 aromatic carbocycles. The van der Waals surface area contributed by atoms with E-state index in [0.717, 1.165) is 19.3 Å². The minimum Gasteiger partial charge on any atom is -0.494 e. The molecule has 0 saturated heterocycles. The molecule has 3 rings (SSSR count). The van der Waals surface area contributed by atoms with E-state index in [1.54, 1.807) is 6.92 Å². The van der Waals surface area contributed by atoms with E-state index in [4.69, 9.17) is 0 Å². The molecule has 3 unspecified atom stereocenters. The van der Waals surface area contributed by atoms with E-state index >= 15 is 0 Å². The Bertz CT molecular complexity index is 587. The first-order chi connectivity index (χ1) is 8.61. The van der Waals surface area contributed by atoms with E-state index in [-0.39, 0.29) is 11.9 Å². The van der Waals surface area contributed by atoms with Crippen molar-refractivity contribution < 1.29 is 5.11 Å². The van der Waals surface area contributed by atoms with Crippen molar-refractivity contribution in [2.45, 2.75) is 45.1 Å². The Morgan fingerprint density at radius 1 is 1.33 bits per heavy atom. The van der Waals surface area contributed by atoms with Gasteiger partial charge in [0.15, 0.2) is 0 Å². The van der Waals surface area contributed by atoms with Gasteiger partial charge in [-0.25, -0.2) is 4.79 Å². The summed E-state index contributed by atoms with van der Waals surface area (Å²) in [6, 6.07) is 0.0680. The second kappa shape index (κ2) is 4.00. The van der Waals surface area contributed by atoms with Crippen molar-refractivity contribution in [1.82, 2.24) is 9.55 Å². The molecule has 2 aliphatic rings. The quantitative estimate of drug-likeness (QED) is 0.827. The molecule has 2 N–H and O–H groups in total. The molecule has 5 nitrogen and oxygen atoms in total. The summed E-state index contributed by atoms with van der Waals surface area (Å²) in [5.74, 6) is 1.04. The standard InChI is InChI=1S/C13H18N2O3/c1-2-9-11(16)14-13(18)15(12(9)17)10-6-7-3-4-8(10)5-7/h7-8,10,17H,2-6H2,1H3,(H,14,16,18). The number of aromatic amines is 1. The Balaban J connectivity index is 2.12. The van der Waals surface area contributed by atoms with Crippen LogP contribution in [-0.4, -0.2) is 14.7 Å². The summed E-state index contributed by atoms with van der Waals surface area (Å²) in [5, 5.41) is 10.2. The fourth-order valence-electron chi connectivity index (χ4n) is 3.73. The molecular weight excluding hydrogens is 232 g/mol. The van der Waals surface area contributed by atoms with Crippen LogP contribution in [0.2, 0.25) is 0 Å². The van der Waals surface area contributed by atoms with Gasteiger partial charge < -0.3 is 5.11 Å². The van der Waals surface area contributed by atoms with Gasteiger partial charge in [-0.05, 0) is 37.5 Å². The summed E-state index contributed by atoms with van der Waals surface area (Å²) < 4.78 is 1.42. The second-order valence-corrected chi connectivity index (χ2v) is 5.53. The van der Waals surface area contributed by atoms with E-state index in [1.807, 2.05) is 0 Å². The molecule has 0 aliphatic heterocycles. The van der Waals surface area contributed by atoms with Gasteiger partial charge in [0, 0.05) is 6.04 Å². The van der Waals surface area contributed by atoms with Crippen molar-refractivity contribution in [2.75, 3.05) is 0 Å². The van der Waals surface area contributed by atoms with Crippen LogP contribution >= 0.6 is 0 Å². The maximum atomic E-state index is 11.9. The van der Waals surface area contributed by atoms with Gasteiger partial charge in [0.25, 0.3) is 5.56 Å². The third-order valence-corrected chi connectivity index (χ3v) is 4.60. The molecule has 5 heteroatoms. The van der Waals surface area contributed by atoms with Gasteiger partial charge in [0.2, 0.25) is 5.88 Å². The average molecular weight is 250 g/mol. The van der Waals surface area contributed by atoms with Crippen LogP contribution in [0.4, 0.5) is 0 Å². The minimum absolute atomic E-state index is 0.0680. The normalized spacial score (nSPS) is 29.9. The SMILES string of the molecule is CCc1c(O)n(C2CC3CCC2C3)c(=O)[nH]c1=O. The molecular formula is C13H18N2O3. The maximum absolute atomic E-state index is 11.9. The molecule has 18 heavy (non-hydrogen) atoms. The number of H-pyrrole nitrogens is 1. The van der Waals surface area contributed by atoms with E-state index in [0.29, 0.717) is 23.8 Å². The average Bonchev–Trinajstić information content (AvgIpc) is 2.91. The van der Waals surface area contributed by atoms with Crippen LogP contribution in [0.1, 0.15) is 44.2 Å².